The highest BCUT2D eigenvalue weighted by molar-refractivity contribution is 5.77. The molecule has 0 fully saturated rings. The van der Waals surface area contributed by atoms with Crippen molar-refractivity contribution in [2.45, 2.75) is 58.9 Å². The van der Waals surface area contributed by atoms with Gasteiger partial charge in [-0.1, -0.05) is 44.2 Å². The van der Waals surface area contributed by atoms with Crippen LogP contribution in [0.15, 0.2) is 9.52 Å². The van der Waals surface area contributed by atoms with E-state index in [-0.39, 0.29) is 0 Å². The molecule has 108 valence electrons. The lowest BCUT2D eigenvalue weighted by Gasteiger charge is -2.04. The van der Waals surface area contributed by atoms with Gasteiger partial charge in [-0.25, -0.2) is 4.99 Å². The number of aryl methyl sites for hydroxylation is 1. The van der Waals surface area contributed by atoms with Crippen LogP contribution in [-0.2, 0) is 6.54 Å². The summed E-state index contributed by atoms with van der Waals surface area (Å²) in [5, 5.41) is 6.78. The van der Waals surface area contributed by atoms with Crippen LogP contribution < -0.4 is 11.1 Å². The molecule has 6 nitrogen and oxygen atoms in total. The molecule has 0 aliphatic heterocycles. The minimum absolute atomic E-state index is 0.330. The Balaban J connectivity index is 2.05. The van der Waals surface area contributed by atoms with Crippen LogP contribution in [0.2, 0.25) is 0 Å². The van der Waals surface area contributed by atoms with Crippen LogP contribution in [0.5, 0.6) is 0 Å². The summed E-state index contributed by atoms with van der Waals surface area (Å²) in [7, 11) is 0. The lowest BCUT2D eigenvalue weighted by Crippen LogP contribution is -2.32. The molecule has 1 rings (SSSR count). The second-order valence-electron chi connectivity index (χ2n) is 4.63. The first kappa shape index (κ1) is 15.5. The Labute approximate surface area is 114 Å². The number of rotatable bonds is 9. The van der Waals surface area contributed by atoms with E-state index in [1.54, 1.807) is 6.92 Å². The number of hydrogen-bond acceptors (Lipinski definition) is 4. The molecule has 0 aliphatic carbocycles. The van der Waals surface area contributed by atoms with Crippen molar-refractivity contribution in [3.63, 3.8) is 0 Å². The Morgan fingerprint density at radius 1 is 1.26 bits per heavy atom. The molecule has 1 heterocycles. The van der Waals surface area contributed by atoms with Crippen molar-refractivity contribution < 1.29 is 4.52 Å². The van der Waals surface area contributed by atoms with Crippen LogP contribution in [0.3, 0.4) is 0 Å². The number of hydrogen-bond donors (Lipinski definition) is 2. The molecule has 6 heteroatoms. The summed E-state index contributed by atoms with van der Waals surface area (Å²) in [6, 6.07) is 0. The average Bonchev–Trinajstić information content (AvgIpc) is 2.81. The summed E-state index contributed by atoms with van der Waals surface area (Å²) in [6.07, 6.45) is 7.61. The van der Waals surface area contributed by atoms with E-state index in [1.165, 1.54) is 32.1 Å². The molecule has 1 aromatic heterocycles. The van der Waals surface area contributed by atoms with E-state index in [0.717, 1.165) is 13.0 Å². The zero-order valence-electron chi connectivity index (χ0n) is 12.0. The van der Waals surface area contributed by atoms with E-state index in [1.807, 2.05) is 0 Å². The highest BCUT2D eigenvalue weighted by Gasteiger charge is 2.01. The number of nitrogens with zero attached hydrogens (tertiary/aromatic N) is 3. The Morgan fingerprint density at radius 3 is 2.68 bits per heavy atom. The van der Waals surface area contributed by atoms with E-state index in [0.29, 0.717) is 24.2 Å². The highest BCUT2D eigenvalue weighted by atomic mass is 16.5. The van der Waals surface area contributed by atoms with Gasteiger partial charge in [0, 0.05) is 6.54 Å². The van der Waals surface area contributed by atoms with Crippen molar-refractivity contribution in [1.82, 2.24) is 15.5 Å². The average molecular weight is 267 g/mol. The van der Waals surface area contributed by atoms with E-state index >= 15 is 0 Å². The second kappa shape index (κ2) is 9.35. The zero-order chi connectivity index (χ0) is 13.9. The van der Waals surface area contributed by atoms with Crippen LogP contribution in [0.1, 0.15) is 57.2 Å². The lowest BCUT2D eigenvalue weighted by molar-refractivity contribution is 0.376. The third-order valence-electron chi connectivity index (χ3n) is 2.79. The van der Waals surface area contributed by atoms with Crippen molar-refractivity contribution >= 4 is 5.96 Å². The molecule has 0 saturated heterocycles. The second-order valence-corrected chi connectivity index (χ2v) is 4.63. The maximum atomic E-state index is 5.74. The Morgan fingerprint density at radius 2 is 2.00 bits per heavy atom. The van der Waals surface area contributed by atoms with E-state index in [9.17, 15) is 0 Å². The number of nitrogens with one attached hydrogen (secondary N) is 1. The van der Waals surface area contributed by atoms with Gasteiger partial charge in [0.15, 0.2) is 11.8 Å². The maximum absolute atomic E-state index is 5.74. The molecule has 19 heavy (non-hydrogen) atoms. The summed E-state index contributed by atoms with van der Waals surface area (Å²) in [5.41, 5.74) is 5.74. The molecule has 0 spiro atoms. The molecule has 0 radical (unpaired) electrons. The van der Waals surface area contributed by atoms with Gasteiger partial charge >= 0.3 is 0 Å². The molecule has 0 saturated carbocycles. The number of aliphatic imine (C=N–C) groups is 1. The van der Waals surface area contributed by atoms with Crippen LogP contribution in [0.4, 0.5) is 0 Å². The third-order valence-corrected chi connectivity index (χ3v) is 2.79. The first-order chi connectivity index (χ1) is 9.22. The molecule has 0 bridgehead atoms. The van der Waals surface area contributed by atoms with Gasteiger partial charge < -0.3 is 15.6 Å². The molecule has 3 N–H and O–H groups in total. The fourth-order valence-electron chi connectivity index (χ4n) is 1.73. The summed E-state index contributed by atoms with van der Waals surface area (Å²) in [4.78, 5) is 8.19. The number of aromatic nitrogens is 2. The zero-order valence-corrected chi connectivity index (χ0v) is 12.0. The van der Waals surface area contributed by atoms with Crippen LogP contribution in [-0.4, -0.2) is 22.6 Å². The normalized spacial score (nSPS) is 11.8. The van der Waals surface area contributed by atoms with Crippen molar-refractivity contribution in [3.8, 4) is 0 Å². The number of unbranched alkanes of at least 4 members (excludes halogenated alkanes) is 5. The van der Waals surface area contributed by atoms with Gasteiger partial charge in [-0.05, 0) is 13.3 Å². The first-order valence-electron chi connectivity index (χ1n) is 7.05. The SMILES string of the molecule is CCCCCCCCNC(N)=NCc1nc(C)no1. The fourth-order valence-corrected chi connectivity index (χ4v) is 1.73. The van der Waals surface area contributed by atoms with Gasteiger partial charge in [0.1, 0.15) is 6.54 Å². The molecule has 0 atom stereocenters. The van der Waals surface area contributed by atoms with Crippen LogP contribution in [0.25, 0.3) is 0 Å². The quantitative estimate of drug-likeness (QED) is 0.406. The molecule has 0 aliphatic rings. The van der Waals surface area contributed by atoms with Gasteiger partial charge in [0.2, 0.25) is 5.89 Å². The standard InChI is InChI=1S/C13H25N5O/c1-3-4-5-6-7-8-9-15-13(14)16-10-12-17-11(2)18-19-12/h3-10H2,1-2H3,(H3,14,15,16). The van der Waals surface area contributed by atoms with E-state index in [4.69, 9.17) is 10.3 Å². The number of nitrogens with two attached hydrogens (primary N) is 1. The Bertz CT molecular complexity index is 375. The predicted octanol–water partition coefficient (Wildman–Crippen LogP) is 2.14. The van der Waals surface area contributed by atoms with Gasteiger partial charge in [0.25, 0.3) is 0 Å². The molecular formula is C13H25N5O. The molecule has 0 unspecified atom stereocenters. The molecule has 0 aromatic carbocycles. The van der Waals surface area contributed by atoms with Gasteiger partial charge in [-0.2, -0.15) is 4.98 Å². The lowest BCUT2D eigenvalue weighted by atomic mass is 10.1. The van der Waals surface area contributed by atoms with Crippen LogP contribution in [0, 0.1) is 6.92 Å². The van der Waals surface area contributed by atoms with Crippen molar-refractivity contribution in [2.75, 3.05) is 6.54 Å². The summed E-state index contributed by atoms with van der Waals surface area (Å²) in [6.45, 7) is 5.20. The number of guanidine groups is 1. The maximum Gasteiger partial charge on any atom is 0.248 e. The van der Waals surface area contributed by atoms with Gasteiger partial charge in [-0.3, -0.25) is 0 Å². The van der Waals surface area contributed by atoms with E-state index in [2.05, 4.69) is 27.4 Å². The van der Waals surface area contributed by atoms with Crippen molar-refractivity contribution in [2.24, 2.45) is 10.7 Å². The minimum atomic E-state index is 0.330. The Hall–Kier alpha value is -1.59. The van der Waals surface area contributed by atoms with Crippen LogP contribution >= 0.6 is 0 Å². The monoisotopic (exact) mass is 267 g/mol. The molecule has 0 amide bonds. The topological polar surface area (TPSA) is 89.3 Å². The van der Waals surface area contributed by atoms with Crippen molar-refractivity contribution in [3.05, 3.63) is 11.7 Å². The fraction of sp³-hybridized carbons (Fsp3) is 0.769. The molecule has 1 aromatic rings. The first-order valence-corrected chi connectivity index (χ1v) is 7.05. The smallest absolute Gasteiger partial charge is 0.248 e. The van der Waals surface area contributed by atoms with E-state index < -0.39 is 0 Å². The Kier molecular flexibility index (Phi) is 7.62. The molecular weight excluding hydrogens is 242 g/mol. The summed E-state index contributed by atoms with van der Waals surface area (Å²) in [5.74, 6) is 1.54. The highest BCUT2D eigenvalue weighted by Crippen LogP contribution is 2.04. The van der Waals surface area contributed by atoms with Crippen molar-refractivity contribution in [1.29, 1.82) is 0 Å². The third kappa shape index (κ3) is 7.43. The summed E-state index contributed by atoms with van der Waals surface area (Å²) < 4.78 is 4.94. The van der Waals surface area contributed by atoms with Gasteiger partial charge in [-0.15, -0.1) is 0 Å². The predicted molar refractivity (Wildman–Crippen MR) is 75.7 cm³/mol. The summed E-state index contributed by atoms with van der Waals surface area (Å²) >= 11 is 0. The minimum Gasteiger partial charge on any atom is -0.370 e. The van der Waals surface area contributed by atoms with Gasteiger partial charge in [0.05, 0.1) is 0 Å². The largest absolute Gasteiger partial charge is 0.370 e.